The first-order valence-corrected chi connectivity index (χ1v) is 8.21. The zero-order valence-electron chi connectivity index (χ0n) is 13.9. The first kappa shape index (κ1) is 16.5. The Labute approximate surface area is 146 Å². The molecule has 1 aliphatic rings. The molecule has 1 aliphatic heterocycles. The average molecular weight is 343 g/mol. The molecule has 3 rings (SSSR count). The molecule has 2 aromatic rings. The summed E-state index contributed by atoms with van der Waals surface area (Å²) in [5.74, 6) is -0.397. The Hall–Kier alpha value is -2.33. The van der Waals surface area contributed by atoms with Gasteiger partial charge in [0.25, 0.3) is 5.91 Å². The normalized spacial score (nSPS) is 17.5. The van der Waals surface area contributed by atoms with Crippen LogP contribution in [0.3, 0.4) is 0 Å². The van der Waals surface area contributed by atoms with Crippen LogP contribution in [-0.4, -0.2) is 17.9 Å². The molecule has 4 nitrogen and oxygen atoms in total. The molecule has 0 unspecified atom stereocenters. The second-order valence-corrected chi connectivity index (χ2v) is 6.66. The van der Waals surface area contributed by atoms with E-state index in [-0.39, 0.29) is 18.2 Å². The highest BCUT2D eigenvalue weighted by Gasteiger charge is 2.40. The molecule has 2 aromatic carbocycles. The standard InChI is InChI=1S/C19H19ClN2O2/c1-11-8-12(2)18(13(3)9-11)22-17(23)10-16(19(22)24)21-15-6-4-14(20)5-7-15/h4-9,16,21H,10H2,1-3H3/t16-/m1/s1. The number of carbonyl (C=O) groups excluding carboxylic acids is 2. The summed E-state index contributed by atoms with van der Waals surface area (Å²) in [6, 6.07) is 10.5. The van der Waals surface area contributed by atoms with Crippen LogP contribution in [0.5, 0.6) is 0 Å². The van der Waals surface area contributed by atoms with E-state index < -0.39 is 6.04 Å². The van der Waals surface area contributed by atoms with Crippen molar-refractivity contribution in [2.75, 3.05) is 10.2 Å². The van der Waals surface area contributed by atoms with Crippen molar-refractivity contribution in [1.82, 2.24) is 0 Å². The minimum atomic E-state index is -0.557. The highest BCUT2D eigenvalue weighted by atomic mass is 35.5. The zero-order valence-corrected chi connectivity index (χ0v) is 14.6. The molecule has 2 amide bonds. The van der Waals surface area contributed by atoms with E-state index in [0.29, 0.717) is 10.7 Å². The molecule has 1 fully saturated rings. The lowest BCUT2D eigenvalue weighted by Crippen LogP contribution is -2.35. The highest BCUT2D eigenvalue weighted by Crippen LogP contribution is 2.31. The minimum Gasteiger partial charge on any atom is -0.373 e. The number of imide groups is 1. The first-order valence-electron chi connectivity index (χ1n) is 7.83. The lowest BCUT2D eigenvalue weighted by Gasteiger charge is -2.21. The van der Waals surface area contributed by atoms with Gasteiger partial charge >= 0.3 is 0 Å². The third-order valence-electron chi connectivity index (χ3n) is 4.19. The van der Waals surface area contributed by atoms with Crippen molar-refractivity contribution < 1.29 is 9.59 Å². The number of nitrogens with one attached hydrogen (secondary N) is 1. The van der Waals surface area contributed by atoms with E-state index >= 15 is 0 Å². The Bertz CT molecular complexity index is 792. The van der Waals surface area contributed by atoms with Gasteiger partial charge in [-0.05, 0) is 56.2 Å². The van der Waals surface area contributed by atoms with Gasteiger partial charge in [-0.3, -0.25) is 9.59 Å². The van der Waals surface area contributed by atoms with Gasteiger partial charge in [0.1, 0.15) is 6.04 Å². The number of hydrogen-bond acceptors (Lipinski definition) is 3. The largest absolute Gasteiger partial charge is 0.373 e. The van der Waals surface area contributed by atoms with Crippen molar-refractivity contribution in [2.24, 2.45) is 0 Å². The van der Waals surface area contributed by atoms with Gasteiger partial charge in [-0.2, -0.15) is 0 Å². The monoisotopic (exact) mass is 342 g/mol. The summed E-state index contributed by atoms with van der Waals surface area (Å²) in [5, 5.41) is 3.75. The van der Waals surface area contributed by atoms with E-state index in [4.69, 9.17) is 11.6 Å². The Balaban J connectivity index is 1.88. The van der Waals surface area contributed by atoms with Crippen LogP contribution in [0, 0.1) is 20.8 Å². The third-order valence-corrected chi connectivity index (χ3v) is 4.44. The molecular formula is C19H19ClN2O2. The number of carbonyl (C=O) groups is 2. The maximum atomic E-state index is 12.8. The van der Waals surface area contributed by atoms with Crippen molar-refractivity contribution >= 4 is 34.8 Å². The van der Waals surface area contributed by atoms with Gasteiger partial charge in [0, 0.05) is 10.7 Å². The number of benzene rings is 2. The van der Waals surface area contributed by atoms with Crippen LogP contribution in [0.4, 0.5) is 11.4 Å². The maximum absolute atomic E-state index is 12.8. The fourth-order valence-electron chi connectivity index (χ4n) is 3.25. The molecule has 0 spiro atoms. The van der Waals surface area contributed by atoms with Gasteiger partial charge in [-0.25, -0.2) is 4.90 Å². The van der Waals surface area contributed by atoms with Gasteiger partial charge in [-0.1, -0.05) is 29.3 Å². The summed E-state index contributed by atoms with van der Waals surface area (Å²) < 4.78 is 0. The van der Waals surface area contributed by atoms with Crippen LogP contribution in [0.2, 0.25) is 5.02 Å². The molecule has 24 heavy (non-hydrogen) atoms. The number of halogens is 1. The zero-order chi connectivity index (χ0) is 17.4. The van der Waals surface area contributed by atoms with Crippen molar-refractivity contribution in [3.63, 3.8) is 0 Å². The first-order chi connectivity index (χ1) is 11.4. The van der Waals surface area contributed by atoms with Crippen LogP contribution < -0.4 is 10.2 Å². The van der Waals surface area contributed by atoms with Crippen LogP contribution in [0.15, 0.2) is 36.4 Å². The van der Waals surface area contributed by atoms with Gasteiger partial charge < -0.3 is 5.32 Å². The fourth-order valence-corrected chi connectivity index (χ4v) is 3.38. The molecule has 0 aromatic heterocycles. The number of hydrogen-bond donors (Lipinski definition) is 1. The molecule has 5 heteroatoms. The Kier molecular flexibility index (Phi) is 4.33. The molecule has 1 heterocycles. The van der Waals surface area contributed by atoms with Gasteiger partial charge in [0.2, 0.25) is 5.91 Å². The van der Waals surface area contributed by atoms with E-state index in [1.54, 1.807) is 24.3 Å². The van der Waals surface area contributed by atoms with Crippen molar-refractivity contribution in [1.29, 1.82) is 0 Å². The number of amides is 2. The maximum Gasteiger partial charge on any atom is 0.256 e. The molecule has 0 saturated carbocycles. The second-order valence-electron chi connectivity index (χ2n) is 6.22. The van der Waals surface area contributed by atoms with Crippen LogP contribution in [-0.2, 0) is 9.59 Å². The predicted octanol–water partition coefficient (Wildman–Crippen LogP) is 4.01. The number of anilines is 2. The summed E-state index contributed by atoms with van der Waals surface area (Å²) in [7, 11) is 0. The van der Waals surface area contributed by atoms with E-state index in [0.717, 1.165) is 22.4 Å². The Morgan fingerprint density at radius 1 is 1.04 bits per heavy atom. The SMILES string of the molecule is Cc1cc(C)c(N2C(=O)C[C@@H](Nc3ccc(Cl)cc3)C2=O)c(C)c1. The Morgan fingerprint density at radius 3 is 2.21 bits per heavy atom. The lowest BCUT2D eigenvalue weighted by atomic mass is 10.0. The van der Waals surface area contributed by atoms with Gasteiger partial charge in [-0.15, -0.1) is 0 Å². The summed E-state index contributed by atoms with van der Waals surface area (Å²) in [6.45, 7) is 5.86. The number of rotatable bonds is 3. The molecule has 124 valence electrons. The smallest absolute Gasteiger partial charge is 0.256 e. The Morgan fingerprint density at radius 2 is 1.62 bits per heavy atom. The topological polar surface area (TPSA) is 49.4 Å². The van der Waals surface area contributed by atoms with Crippen molar-refractivity contribution in [3.05, 3.63) is 58.1 Å². The van der Waals surface area contributed by atoms with E-state index in [1.807, 2.05) is 32.9 Å². The average Bonchev–Trinajstić information content (AvgIpc) is 2.76. The second kappa shape index (κ2) is 6.29. The van der Waals surface area contributed by atoms with Gasteiger partial charge in [0.05, 0.1) is 12.1 Å². The van der Waals surface area contributed by atoms with E-state index in [2.05, 4.69) is 5.32 Å². The quantitative estimate of drug-likeness (QED) is 0.857. The van der Waals surface area contributed by atoms with Crippen molar-refractivity contribution in [2.45, 2.75) is 33.2 Å². The van der Waals surface area contributed by atoms with Crippen LogP contribution in [0.25, 0.3) is 0 Å². The predicted molar refractivity (Wildman–Crippen MR) is 96.6 cm³/mol. The highest BCUT2D eigenvalue weighted by molar-refractivity contribution is 6.30. The molecule has 0 radical (unpaired) electrons. The van der Waals surface area contributed by atoms with E-state index in [1.165, 1.54) is 4.90 Å². The summed E-state index contributed by atoms with van der Waals surface area (Å²) in [4.78, 5) is 26.6. The fraction of sp³-hybridized carbons (Fsp3) is 0.263. The lowest BCUT2D eigenvalue weighted by molar-refractivity contribution is -0.121. The van der Waals surface area contributed by atoms with Crippen LogP contribution in [0.1, 0.15) is 23.1 Å². The molecule has 1 N–H and O–H groups in total. The molecular weight excluding hydrogens is 324 g/mol. The van der Waals surface area contributed by atoms with Crippen molar-refractivity contribution in [3.8, 4) is 0 Å². The number of nitrogens with zero attached hydrogens (tertiary/aromatic N) is 1. The third kappa shape index (κ3) is 3.02. The van der Waals surface area contributed by atoms with Gasteiger partial charge in [0.15, 0.2) is 0 Å². The molecule has 1 saturated heterocycles. The molecule has 0 aliphatic carbocycles. The minimum absolute atomic E-state index is 0.147. The van der Waals surface area contributed by atoms with Crippen LogP contribution >= 0.6 is 11.6 Å². The summed E-state index contributed by atoms with van der Waals surface area (Å²) >= 11 is 5.87. The molecule has 1 atom stereocenters. The summed E-state index contributed by atoms with van der Waals surface area (Å²) in [6.07, 6.45) is 0.147. The summed E-state index contributed by atoms with van der Waals surface area (Å²) in [5.41, 5.74) is 4.45. The molecule has 0 bridgehead atoms. The number of aryl methyl sites for hydroxylation is 3. The van der Waals surface area contributed by atoms with E-state index in [9.17, 15) is 9.59 Å².